The van der Waals surface area contributed by atoms with E-state index in [2.05, 4.69) is 0 Å². The Kier molecular flexibility index (Phi) is 8.48. The number of hydrogen-bond donors (Lipinski definition) is 1. The number of aromatic nitrogens is 1. The quantitative estimate of drug-likeness (QED) is 0.305. The number of thioether (sulfide) groups is 1. The lowest BCUT2D eigenvalue weighted by Crippen LogP contribution is -2.31. The van der Waals surface area contributed by atoms with Gasteiger partial charge in [0.05, 0.1) is 17.6 Å². The summed E-state index contributed by atoms with van der Waals surface area (Å²) in [6, 6.07) is 9.06. The van der Waals surface area contributed by atoms with Crippen molar-refractivity contribution in [2.24, 2.45) is 0 Å². The molecule has 1 aromatic heterocycles. The van der Waals surface area contributed by atoms with Gasteiger partial charge in [-0.05, 0) is 42.7 Å². The summed E-state index contributed by atoms with van der Waals surface area (Å²) in [4.78, 5) is 40.4. The molecule has 0 radical (unpaired) electrons. The molecule has 10 heteroatoms. The van der Waals surface area contributed by atoms with Crippen LogP contribution in [-0.4, -0.2) is 44.2 Å². The first-order valence-corrected chi connectivity index (χ1v) is 12.2. The Morgan fingerprint density at radius 2 is 1.94 bits per heavy atom. The van der Waals surface area contributed by atoms with Gasteiger partial charge < -0.3 is 9.84 Å². The fourth-order valence-electron chi connectivity index (χ4n) is 3.69. The van der Waals surface area contributed by atoms with Crippen LogP contribution in [0.5, 0.6) is 11.6 Å². The first kappa shape index (κ1) is 26.2. The topological polar surface area (TPSA) is 113 Å². The molecule has 1 fully saturated rings. The molecule has 0 spiro atoms. The molecule has 1 N–H and O–H groups in total. The smallest absolute Gasteiger partial charge is 0.271 e. The summed E-state index contributed by atoms with van der Waals surface area (Å²) in [5.41, 5.74) is 0.0821. The van der Waals surface area contributed by atoms with Crippen LogP contribution in [0.4, 0.5) is 0 Å². The fourth-order valence-corrected chi connectivity index (χ4v) is 5.00. The van der Waals surface area contributed by atoms with Crippen LogP contribution in [0.1, 0.15) is 53.2 Å². The van der Waals surface area contributed by atoms with Gasteiger partial charge in [0, 0.05) is 19.5 Å². The van der Waals surface area contributed by atoms with Gasteiger partial charge in [-0.15, -0.1) is 0 Å². The minimum atomic E-state index is -0.617. The van der Waals surface area contributed by atoms with Crippen molar-refractivity contribution >= 4 is 46.1 Å². The summed E-state index contributed by atoms with van der Waals surface area (Å²) in [6.07, 6.45) is 2.96. The van der Waals surface area contributed by atoms with Gasteiger partial charge >= 0.3 is 0 Å². The van der Waals surface area contributed by atoms with E-state index in [0.717, 1.165) is 28.3 Å². The minimum absolute atomic E-state index is 0.0122. The minimum Gasteiger partial charge on any atom is -0.497 e. The molecule has 3 rings (SSSR count). The number of nitrogens with zero attached hydrogens (tertiary/aromatic N) is 3. The van der Waals surface area contributed by atoms with Crippen LogP contribution in [0.15, 0.2) is 34.0 Å². The molecule has 2 aromatic rings. The van der Waals surface area contributed by atoms with E-state index in [1.807, 2.05) is 25.1 Å². The number of hydrogen-bond acceptors (Lipinski definition) is 8. The fraction of sp³-hybridized carbons (Fsp3) is 0.320. The van der Waals surface area contributed by atoms with E-state index in [4.69, 9.17) is 17.0 Å². The van der Waals surface area contributed by atoms with Crippen LogP contribution in [0.3, 0.4) is 0 Å². The maximum absolute atomic E-state index is 13.1. The van der Waals surface area contributed by atoms with Crippen molar-refractivity contribution in [1.82, 2.24) is 9.47 Å². The Morgan fingerprint density at radius 1 is 1.26 bits per heavy atom. The molecule has 182 valence electrons. The average molecular weight is 512 g/mol. The van der Waals surface area contributed by atoms with Crippen molar-refractivity contribution < 1.29 is 19.4 Å². The Bertz CT molecular complexity index is 1310. The van der Waals surface area contributed by atoms with Crippen LogP contribution in [0.2, 0.25) is 0 Å². The van der Waals surface area contributed by atoms with Crippen molar-refractivity contribution in [2.45, 2.75) is 39.7 Å². The first-order chi connectivity index (χ1) is 16.7. The number of carbonyl (C=O) groups excluding carboxylic acids is 2. The molecule has 1 aliphatic heterocycles. The number of Topliss-reactive ketones (excluding diaryl/α,β-unsaturated/α-hetero) is 1. The molecular formula is C25H25N3O5S2. The van der Waals surface area contributed by atoms with E-state index >= 15 is 0 Å². The van der Waals surface area contributed by atoms with E-state index in [9.17, 15) is 24.8 Å². The van der Waals surface area contributed by atoms with Crippen molar-refractivity contribution in [3.63, 3.8) is 0 Å². The Labute approximate surface area is 212 Å². The van der Waals surface area contributed by atoms with Crippen LogP contribution < -0.4 is 10.3 Å². The largest absolute Gasteiger partial charge is 0.497 e. The van der Waals surface area contributed by atoms with Crippen molar-refractivity contribution in [2.75, 3.05) is 13.7 Å². The predicted molar refractivity (Wildman–Crippen MR) is 139 cm³/mol. The monoisotopic (exact) mass is 511 g/mol. The van der Waals surface area contributed by atoms with Crippen LogP contribution in [0, 0.1) is 18.3 Å². The highest BCUT2D eigenvalue weighted by Gasteiger charge is 2.33. The second kappa shape index (κ2) is 11.3. The van der Waals surface area contributed by atoms with Crippen molar-refractivity contribution in [1.29, 1.82) is 5.26 Å². The van der Waals surface area contributed by atoms with Crippen molar-refractivity contribution in [3.05, 3.63) is 61.8 Å². The number of pyridine rings is 1. The predicted octanol–water partition coefficient (Wildman–Crippen LogP) is 4.02. The number of carbonyl (C=O) groups is 2. The van der Waals surface area contributed by atoms with Crippen LogP contribution in [-0.2, 0) is 11.3 Å². The van der Waals surface area contributed by atoms with Crippen LogP contribution >= 0.6 is 24.0 Å². The number of rotatable bonds is 9. The van der Waals surface area contributed by atoms with Gasteiger partial charge in [0.2, 0.25) is 5.88 Å². The number of benzene rings is 1. The van der Waals surface area contributed by atoms with Crippen LogP contribution in [0.25, 0.3) is 6.08 Å². The number of methoxy groups -OCH3 is 1. The molecular weight excluding hydrogens is 486 g/mol. The highest BCUT2D eigenvalue weighted by molar-refractivity contribution is 8.26. The lowest BCUT2D eigenvalue weighted by Gasteiger charge is -2.17. The zero-order chi connectivity index (χ0) is 25.7. The molecule has 2 heterocycles. The Hall–Kier alpha value is -3.42. The van der Waals surface area contributed by atoms with Gasteiger partial charge in [-0.2, -0.15) is 5.26 Å². The molecule has 1 aromatic carbocycles. The second-order valence-corrected chi connectivity index (χ2v) is 9.58. The Morgan fingerprint density at radius 3 is 2.54 bits per heavy atom. The zero-order valence-electron chi connectivity index (χ0n) is 19.7. The summed E-state index contributed by atoms with van der Waals surface area (Å²) in [5, 5.41) is 20.2. The maximum atomic E-state index is 13.1. The number of nitriles is 1. The van der Waals surface area contributed by atoms with Gasteiger partial charge in [-0.1, -0.05) is 49.5 Å². The zero-order valence-corrected chi connectivity index (χ0v) is 21.3. The number of ketones is 1. The molecule has 0 saturated carbocycles. The number of amides is 1. The van der Waals surface area contributed by atoms with E-state index in [1.54, 1.807) is 25.3 Å². The van der Waals surface area contributed by atoms with Gasteiger partial charge in [0.25, 0.3) is 11.5 Å². The third-order valence-electron chi connectivity index (χ3n) is 5.66. The van der Waals surface area contributed by atoms with Crippen molar-refractivity contribution in [3.8, 4) is 17.7 Å². The third-order valence-corrected chi connectivity index (χ3v) is 7.04. The molecule has 1 saturated heterocycles. The van der Waals surface area contributed by atoms with Gasteiger partial charge in [0.15, 0.2) is 5.78 Å². The summed E-state index contributed by atoms with van der Waals surface area (Å²) in [5.74, 6) is -0.535. The summed E-state index contributed by atoms with van der Waals surface area (Å²) < 4.78 is 6.54. The number of thiocarbonyl (C=S) groups is 1. The van der Waals surface area contributed by atoms with Gasteiger partial charge in [-0.3, -0.25) is 23.9 Å². The summed E-state index contributed by atoms with van der Waals surface area (Å²) in [7, 11) is 1.57. The SMILES string of the molecule is CCCCn1c(O)c(C(=O)CCN2C(=O)/C(=C/c3ccc(OC)cc3)SC2=S)c(C)c(C#N)c1=O. The molecule has 1 amide bonds. The van der Waals surface area contributed by atoms with E-state index in [-0.39, 0.29) is 42.1 Å². The number of ether oxygens (including phenoxy) is 1. The molecule has 1 aliphatic rings. The maximum Gasteiger partial charge on any atom is 0.271 e. The van der Waals surface area contributed by atoms with E-state index in [1.165, 1.54) is 11.8 Å². The standard InChI is InChI=1S/C25H25N3O5S2/c1-4-5-11-27-22(30)18(14-26)15(2)21(24(27)32)19(29)10-12-28-23(31)20(35-25(28)34)13-16-6-8-17(33-3)9-7-16/h6-9,13,32H,4-5,10-12H2,1-3H3/b20-13-. The highest BCUT2D eigenvalue weighted by atomic mass is 32.2. The lowest BCUT2D eigenvalue weighted by atomic mass is 9.99. The van der Waals surface area contributed by atoms with E-state index < -0.39 is 17.2 Å². The average Bonchev–Trinajstić information content (AvgIpc) is 3.10. The second-order valence-electron chi connectivity index (χ2n) is 7.90. The normalized spacial score (nSPS) is 14.5. The molecule has 0 aliphatic carbocycles. The molecule has 0 unspecified atom stereocenters. The first-order valence-electron chi connectivity index (χ1n) is 11.0. The van der Waals surface area contributed by atoms with Gasteiger partial charge in [0.1, 0.15) is 21.7 Å². The highest BCUT2D eigenvalue weighted by Crippen LogP contribution is 2.33. The Balaban J connectivity index is 1.81. The lowest BCUT2D eigenvalue weighted by molar-refractivity contribution is -0.122. The summed E-state index contributed by atoms with van der Waals surface area (Å²) in [6.45, 7) is 3.60. The molecule has 8 nitrogen and oxygen atoms in total. The summed E-state index contributed by atoms with van der Waals surface area (Å²) >= 11 is 6.50. The number of unbranched alkanes of at least 4 members (excludes halogenated alkanes) is 1. The third kappa shape index (κ3) is 5.47. The number of aromatic hydroxyl groups is 1. The molecule has 0 atom stereocenters. The van der Waals surface area contributed by atoms with E-state index in [0.29, 0.717) is 21.4 Å². The molecule has 0 bridgehead atoms. The molecule has 35 heavy (non-hydrogen) atoms. The van der Waals surface area contributed by atoms with Gasteiger partial charge in [-0.25, -0.2) is 0 Å².